The van der Waals surface area contributed by atoms with Crippen molar-refractivity contribution < 1.29 is 4.79 Å². The smallest absolute Gasteiger partial charge is 0.232 e. The van der Waals surface area contributed by atoms with E-state index in [9.17, 15) is 4.79 Å². The number of hydrogen-bond donors (Lipinski definition) is 1. The molecule has 1 aliphatic heterocycles. The average molecular weight is 380 g/mol. The summed E-state index contributed by atoms with van der Waals surface area (Å²) in [5, 5.41) is 3.32. The van der Waals surface area contributed by atoms with Gasteiger partial charge in [-0.3, -0.25) is 4.79 Å². The highest BCUT2D eigenvalue weighted by molar-refractivity contribution is 9.10. The molecule has 0 saturated carbocycles. The molecule has 0 radical (unpaired) electrons. The molecular weight excluding hydrogens is 360 g/mol. The molecule has 2 rings (SSSR count). The minimum atomic E-state index is 0. The SMILES string of the molecule is Cc1cc(Br)ccc1SCC(=O)N1CCCNCC1.Cl. The van der Waals surface area contributed by atoms with E-state index in [4.69, 9.17) is 0 Å². The maximum Gasteiger partial charge on any atom is 0.232 e. The first kappa shape index (κ1) is 17.8. The molecule has 0 atom stereocenters. The van der Waals surface area contributed by atoms with E-state index < -0.39 is 0 Å². The summed E-state index contributed by atoms with van der Waals surface area (Å²) < 4.78 is 1.08. The van der Waals surface area contributed by atoms with E-state index in [-0.39, 0.29) is 18.3 Å². The summed E-state index contributed by atoms with van der Waals surface area (Å²) in [4.78, 5) is 15.3. The monoisotopic (exact) mass is 378 g/mol. The van der Waals surface area contributed by atoms with Gasteiger partial charge in [0.05, 0.1) is 5.75 Å². The fourth-order valence-electron chi connectivity index (χ4n) is 2.10. The topological polar surface area (TPSA) is 32.3 Å². The number of aryl methyl sites for hydroxylation is 1. The number of hydrogen-bond acceptors (Lipinski definition) is 3. The third-order valence-electron chi connectivity index (χ3n) is 3.18. The molecule has 1 aromatic carbocycles. The van der Waals surface area contributed by atoms with Gasteiger partial charge in [0.25, 0.3) is 0 Å². The molecule has 1 aromatic rings. The van der Waals surface area contributed by atoms with Crippen LogP contribution in [0.5, 0.6) is 0 Å². The van der Waals surface area contributed by atoms with Crippen LogP contribution in [0, 0.1) is 6.92 Å². The highest BCUT2D eigenvalue weighted by Gasteiger charge is 2.15. The molecule has 0 aromatic heterocycles. The number of halogens is 2. The number of amides is 1. The Morgan fingerprint density at radius 2 is 2.20 bits per heavy atom. The molecule has 6 heteroatoms. The van der Waals surface area contributed by atoms with E-state index in [1.165, 1.54) is 10.5 Å². The van der Waals surface area contributed by atoms with Crippen molar-refractivity contribution in [1.82, 2.24) is 10.2 Å². The molecule has 3 nitrogen and oxygen atoms in total. The summed E-state index contributed by atoms with van der Waals surface area (Å²) in [7, 11) is 0. The standard InChI is InChI=1S/C14H19BrN2OS.ClH/c1-11-9-12(15)3-4-13(11)19-10-14(18)17-7-2-5-16-6-8-17;/h3-4,9,16H,2,5-8,10H2,1H3;1H. The summed E-state index contributed by atoms with van der Waals surface area (Å²) in [6.07, 6.45) is 1.05. The average Bonchev–Trinajstić information content (AvgIpc) is 2.66. The second-order valence-corrected chi connectivity index (χ2v) is 6.62. The largest absolute Gasteiger partial charge is 0.341 e. The second-order valence-electron chi connectivity index (χ2n) is 4.68. The van der Waals surface area contributed by atoms with E-state index >= 15 is 0 Å². The van der Waals surface area contributed by atoms with Gasteiger partial charge in [0.2, 0.25) is 5.91 Å². The van der Waals surface area contributed by atoms with E-state index in [1.807, 2.05) is 11.0 Å². The van der Waals surface area contributed by atoms with Crippen LogP contribution in [-0.4, -0.2) is 42.7 Å². The number of nitrogens with one attached hydrogen (secondary N) is 1. The zero-order valence-electron chi connectivity index (χ0n) is 11.5. The third kappa shape index (κ3) is 5.28. The van der Waals surface area contributed by atoms with Crippen molar-refractivity contribution in [1.29, 1.82) is 0 Å². The molecule has 1 saturated heterocycles. The highest BCUT2D eigenvalue weighted by atomic mass is 79.9. The number of thioether (sulfide) groups is 1. The maximum absolute atomic E-state index is 12.2. The van der Waals surface area contributed by atoms with Crippen LogP contribution in [0.15, 0.2) is 27.6 Å². The molecule has 0 aliphatic carbocycles. The molecule has 1 N–H and O–H groups in total. The van der Waals surface area contributed by atoms with Crippen LogP contribution in [0.25, 0.3) is 0 Å². The quantitative estimate of drug-likeness (QED) is 0.819. The normalized spacial score (nSPS) is 15.4. The van der Waals surface area contributed by atoms with Crippen LogP contribution >= 0.6 is 40.1 Å². The summed E-state index contributed by atoms with van der Waals surface area (Å²) in [5.41, 5.74) is 1.21. The Kier molecular flexibility index (Phi) is 7.95. The lowest BCUT2D eigenvalue weighted by Crippen LogP contribution is -2.35. The van der Waals surface area contributed by atoms with Gasteiger partial charge in [-0.15, -0.1) is 24.2 Å². The van der Waals surface area contributed by atoms with Crippen molar-refractivity contribution in [2.45, 2.75) is 18.2 Å². The van der Waals surface area contributed by atoms with Gasteiger partial charge in [-0.25, -0.2) is 0 Å². The third-order valence-corrected chi connectivity index (χ3v) is 4.83. The van der Waals surface area contributed by atoms with Crippen molar-refractivity contribution in [3.05, 3.63) is 28.2 Å². The van der Waals surface area contributed by atoms with Crippen molar-refractivity contribution in [3.8, 4) is 0 Å². The van der Waals surface area contributed by atoms with Crippen LogP contribution in [0.3, 0.4) is 0 Å². The molecule has 1 aliphatic rings. The fourth-order valence-corrected chi connectivity index (χ4v) is 3.49. The van der Waals surface area contributed by atoms with E-state index in [2.05, 4.69) is 40.3 Å². The van der Waals surface area contributed by atoms with Gasteiger partial charge in [-0.2, -0.15) is 0 Å². The van der Waals surface area contributed by atoms with Crippen molar-refractivity contribution in [2.75, 3.05) is 31.9 Å². The zero-order chi connectivity index (χ0) is 13.7. The molecule has 0 unspecified atom stereocenters. The molecular formula is C14H20BrClN2OS. The molecule has 0 spiro atoms. The molecule has 112 valence electrons. The minimum absolute atomic E-state index is 0. The number of nitrogens with zero attached hydrogens (tertiary/aromatic N) is 1. The van der Waals surface area contributed by atoms with Crippen molar-refractivity contribution >= 4 is 46.0 Å². The Hall–Kier alpha value is -0.230. The molecule has 1 heterocycles. The minimum Gasteiger partial charge on any atom is -0.341 e. The maximum atomic E-state index is 12.2. The second kappa shape index (κ2) is 8.93. The fraction of sp³-hybridized carbons (Fsp3) is 0.500. The lowest BCUT2D eigenvalue weighted by atomic mass is 10.2. The lowest BCUT2D eigenvalue weighted by Gasteiger charge is -2.19. The first-order valence-electron chi connectivity index (χ1n) is 6.54. The summed E-state index contributed by atoms with van der Waals surface area (Å²) >= 11 is 5.09. The molecule has 0 bridgehead atoms. The summed E-state index contributed by atoms with van der Waals surface area (Å²) in [6.45, 7) is 5.72. The van der Waals surface area contributed by atoms with Gasteiger partial charge >= 0.3 is 0 Å². The van der Waals surface area contributed by atoms with Crippen LogP contribution in [0.1, 0.15) is 12.0 Å². The Labute approximate surface area is 139 Å². The van der Waals surface area contributed by atoms with Crippen molar-refractivity contribution in [2.24, 2.45) is 0 Å². The first-order valence-corrected chi connectivity index (χ1v) is 8.32. The van der Waals surface area contributed by atoms with Gasteiger partial charge in [0, 0.05) is 29.0 Å². The number of carbonyl (C=O) groups excluding carboxylic acids is 1. The Bertz CT molecular complexity index is 451. The predicted octanol–water partition coefficient (Wildman–Crippen LogP) is 3.09. The van der Waals surface area contributed by atoms with Gasteiger partial charge in [-0.1, -0.05) is 15.9 Å². The van der Waals surface area contributed by atoms with Crippen LogP contribution in [0.4, 0.5) is 0 Å². The number of carbonyl (C=O) groups is 1. The van der Waals surface area contributed by atoms with E-state index in [0.29, 0.717) is 5.75 Å². The van der Waals surface area contributed by atoms with Gasteiger partial charge < -0.3 is 10.2 Å². The summed E-state index contributed by atoms with van der Waals surface area (Å²) in [5.74, 6) is 0.777. The zero-order valence-corrected chi connectivity index (χ0v) is 14.7. The molecule has 1 fully saturated rings. The van der Waals surface area contributed by atoms with Crippen LogP contribution < -0.4 is 5.32 Å². The van der Waals surface area contributed by atoms with Crippen LogP contribution in [0.2, 0.25) is 0 Å². The van der Waals surface area contributed by atoms with E-state index in [0.717, 1.165) is 37.1 Å². The Balaban J connectivity index is 0.00000200. The Morgan fingerprint density at radius 1 is 1.40 bits per heavy atom. The highest BCUT2D eigenvalue weighted by Crippen LogP contribution is 2.25. The molecule has 1 amide bonds. The first-order chi connectivity index (χ1) is 9.16. The predicted molar refractivity (Wildman–Crippen MR) is 90.9 cm³/mol. The Morgan fingerprint density at radius 3 is 2.95 bits per heavy atom. The van der Waals surface area contributed by atoms with E-state index in [1.54, 1.807) is 11.8 Å². The van der Waals surface area contributed by atoms with Gasteiger partial charge in [0.1, 0.15) is 0 Å². The van der Waals surface area contributed by atoms with Gasteiger partial charge in [0.15, 0.2) is 0 Å². The lowest BCUT2D eigenvalue weighted by molar-refractivity contribution is -0.128. The van der Waals surface area contributed by atoms with Gasteiger partial charge in [-0.05, 0) is 43.7 Å². The molecule has 20 heavy (non-hydrogen) atoms. The van der Waals surface area contributed by atoms with Crippen LogP contribution in [-0.2, 0) is 4.79 Å². The number of rotatable bonds is 3. The van der Waals surface area contributed by atoms with Crippen molar-refractivity contribution in [3.63, 3.8) is 0 Å². The summed E-state index contributed by atoms with van der Waals surface area (Å²) in [6, 6.07) is 6.18. The number of benzene rings is 1.